The quantitative estimate of drug-likeness (QED) is 0.470. The first-order valence-electron chi connectivity index (χ1n) is 6.97. The topological polar surface area (TPSA) is 75.7 Å². The summed E-state index contributed by atoms with van der Waals surface area (Å²) in [5.41, 5.74) is 0.931. The molecule has 1 fully saturated rings. The number of esters is 1. The van der Waals surface area contributed by atoms with E-state index >= 15 is 0 Å². The Morgan fingerprint density at radius 1 is 1.32 bits per heavy atom. The Labute approximate surface area is 133 Å². The summed E-state index contributed by atoms with van der Waals surface area (Å²) in [6, 6.07) is 7.41. The van der Waals surface area contributed by atoms with E-state index in [2.05, 4.69) is 5.32 Å². The fourth-order valence-corrected chi connectivity index (χ4v) is 2.43. The average Bonchev–Trinajstić information content (AvgIpc) is 2.85. The zero-order chi connectivity index (χ0) is 15.9. The van der Waals surface area contributed by atoms with Crippen LogP contribution in [0.2, 0.25) is 0 Å². The summed E-state index contributed by atoms with van der Waals surface area (Å²) in [6.45, 7) is 0.508. The predicted octanol–water partition coefficient (Wildman–Crippen LogP) is 1.78. The van der Waals surface area contributed by atoms with Crippen molar-refractivity contribution in [3.05, 3.63) is 29.8 Å². The van der Waals surface area contributed by atoms with Gasteiger partial charge in [0.05, 0.1) is 6.54 Å². The van der Waals surface area contributed by atoms with E-state index in [1.54, 1.807) is 11.8 Å². The normalized spacial score (nSPS) is 14.1. The number of nitrogens with zero attached hydrogens (tertiary/aromatic N) is 1. The van der Waals surface area contributed by atoms with Gasteiger partial charge in [-0.15, -0.1) is 11.8 Å². The van der Waals surface area contributed by atoms with Crippen LogP contribution in [0.3, 0.4) is 0 Å². The van der Waals surface area contributed by atoms with Crippen LogP contribution in [0.5, 0.6) is 0 Å². The summed E-state index contributed by atoms with van der Waals surface area (Å²) < 4.78 is 5.17. The predicted molar refractivity (Wildman–Crippen MR) is 82.4 cm³/mol. The lowest BCUT2D eigenvalue weighted by molar-refractivity contribution is -0.145. The molecule has 118 valence electrons. The van der Waals surface area contributed by atoms with E-state index in [9.17, 15) is 14.4 Å². The van der Waals surface area contributed by atoms with Gasteiger partial charge in [-0.1, -0.05) is 12.1 Å². The number of hydrogen-bond acceptors (Lipinski definition) is 5. The second-order valence-electron chi connectivity index (χ2n) is 4.82. The molecule has 1 aliphatic heterocycles. The van der Waals surface area contributed by atoms with Gasteiger partial charge in [0.1, 0.15) is 6.61 Å². The van der Waals surface area contributed by atoms with Crippen LogP contribution < -0.4 is 5.32 Å². The summed E-state index contributed by atoms with van der Waals surface area (Å²) in [7, 11) is 0. The van der Waals surface area contributed by atoms with E-state index in [1.807, 2.05) is 30.5 Å². The maximum Gasteiger partial charge on any atom is 0.324 e. The molecule has 0 aromatic heterocycles. The fourth-order valence-electron chi connectivity index (χ4n) is 2.02. The number of rotatable bonds is 7. The molecule has 0 bridgehead atoms. The van der Waals surface area contributed by atoms with E-state index in [4.69, 9.17) is 4.74 Å². The molecule has 1 saturated heterocycles. The second kappa shape index (κ2) is 7.84. The lowest BCUT2D eigenvalue weighted by Gasteiger charge is -2.11. The van der Waals surface area contributed by atoms with Crippen LogP contribution in [0.25, 0.3) is 0 Å². The lowest BCUT2D eigenvalue weighted by atomic mass is 10.2. The van der Waals surface area contributed by atoms with Crippen molar-refractivity contribution in [3.63, 3.8) is 0 Å². The standard InChI is InChI=1S/C15H18N2O4S/c1-22-12-6-4-11(5-7-12)10-21-14(19)3-2-8-17-13(18)9-16-15(17)20/h4-7H,2-3,8-10H2,1H3,(H,16,20). The molecular formula is C15H18N2O4S. The highest BCUT2D eigenvalue weighted by atomic mass is 32.2. The Morgan fingerprint density at radius 2 is 2.05 bits per heavy atom. The third-order valence-electron chi connectivity index (χ3n) is 3.26. The van der Waals surface area contributed by atoms with Gasteiger partial charge >= 0.3 is 12.0 Å². The molecule has 6 nitrogen and oxygen atoms in total. The van der Waals surface area contributed by atoms with Gasteiger partial charge < -0.3 is 10.1 Å². The first-order chi connectivity index (χ1) is 10.6. The van der Waals surface area contributed by atoms with Crippen LogP contribution in [0, 0.1) is 0 Å². The Kier molecular flexibility index (Phi) is 5.83. The molecule has 0 spiro atoms. The van der Waals surface area contributed by atoms with Crippen molar-refractivity contribution in [1.82, 2.24) is 10.2 Å². The highest BCUT2D eigenvalue weighted by molar-refractivity contribution is 7.98. The Bertz CT molecular complexity index is 543. The minimum absolute atomic E-state index is 0.0370. The molecule has 0 unspecified atom stereocenters. The van der Waals surface area contributed by atoms with Crippen molar-refractivity contribution in [2.45, 2.75) is 24.3 Å². The van der Waals surface area contributed by atoms with Crippen LogP contribution in [-0.2, 0) is 20.9 Å². The molecule has 2 rings (SSSR count). The number of imide groups is 1. The highest BCUT2D eigenvalue weighted by Crippen LogP contribution is 2.15. The molecule has 0 atom stereocenters. The van der Waals surface area contributed by atoms with E-state index in [1.165, 1.54) is 0 Å². The second-order valence-corrected chi connectivity index (χ2v) is 5.70. The van der Waals surface area contributed by atoms with Gasteiger partial charge in [-0.2, -0.15) is 0 Å². The molecule has 0 radical (unpaired) electrons. The van der Waals surface area contributed by atoms with Crippen molar-refractivity contribution >= 4 is 29.7 Å². The number of thioether (sulfide) groups is 1. The van der Waals surface area contributed by atoms with E-state index < -0.39 is 6.03 Å². The van der Waals surface area contributed by atoms with Crippen molar-refractivity contribution < 1.29 is 19.1 Å². The lowest BCUT2D eigenvalue weighted by Crippen LogP contribution is -2.32. The van der Waals surface area contributed by atoms with Crippen molar-refractivity contribution in [3.8, 4) is 0 Å². The molecule has 7 heteroatoms. The van der Waals surface area contributed by atoms with Crippen LogP contribution in [-0.4, -0.2) is 42.2 Å². The fraction of sp³-hybridized carbons (Fsp3) is 0.400. The van der Waals surface area contributed by atoms with E-state index in [0.717, 1.165) is 15.4 Å². The van der Waals surface area contributed by atoms with Crippen LogP contribution in [0.1, 0.15) is 18.4 Å². The molecule has 1 N–H and O–H groups in total. The first kappa shape index (κ1) is 16.4. The average molecular weight is 322 g/mol. The summed E-state index contributed by atoms with van der Waals surface area (Å²) in [5.74, 6) is -0.590. The Balaban J connectivity index is 1.67. The summed E-state index contributed by atoms with van der Waals surface area (Å²) >= 11 is 1.65. The number of nitrogens with one attached hydrogen (secondary N) is 1. The van der Waals surface area contributed by atoms with E-state index in [-0.39, 0.29) is 38.0 Å². The minimum atomic E-state index is -0.396. The van der Waals surface area contributed by atoms with Gasteiger partial charge in [-0.3, -0.25) is 14.5 Å². The van der Waals surface area contributed by atoms with Crippen molar-refractivity contribution in [1.29, 1.82) is 0 Å². The smallest absolute Gasteiger partial charge is 0.324 e. The molecule has 0 aliphatic carbocycles. The van der Waals surface area contributed by atoms with Gasteiger partial charge in [-0.25, -0.2) is 4.79 Å². The summed E-state index contributed by atoms with van der Waals surface area (Å²) in [6.07, 6.45) is 2.59. The SMILES string of the molecule is CSc1ccc(COC(=O)CCCN2C(=O)CNC2=O)cc1. The number of amides is 3. The first-order valence-corrected chi connectivity index (χ1v) is 8.19. The molecule has 0 saturated carbocycles. The maximum absolute atomic E-state index is 11.6. The molecule has 1 heterocycles. The third kappa shape index (κ3) is 4.49. The zero-order valence-corrected chi connectivity index (χ0v) is 13.1. The number of carbonyl (C=O) groups is 3. The molecule has 22 heavy (non-hydrogen) atoms. The molecule has 1 aliphatic rings. The highest BCUT2D eigenvalue weighted by Gasteiger charge is 2.27. The van der Waals surface area contributed by atoms with Crippen LogP contribution in [0.15, 0.2) is 29.2 Å². The van der Waals surface area contributed by atoms with E-state index in [0.29, 0.717) is 6.42 Å². The maximum atomic E-state index is 11.6. The van der Waals surface area contributed by atoms with Crippen LogP contribution >= 0.6 is 11.8 Å². The number of hydrogen-bond donors (Lipinski definition) is 1. The third-order valence-corrected chi connectivity index (χ3v) is 4.00. The van der Waals surface area contributed by atoms with Gasteiger partial charge in [0.2, 0.25) is 5.91 Å². The zero-order valence-electron chi connectivity index (χ0n) is 12.3. The van der Waals surface area contributed by atoms with Crippen molar-refractivity contribution in [2.75, 3.05) is 19.3 Å². The largest absolute Gasteiger partial charge is 0.461 e. The molecule has 1 aromatic carbocycles. The number of urea groups is 1. The number of ether oxygens (including phenoxy) is 1. The molecular weight excluding hydrogens is 304 g/mol. The Hall–Kier alpha value is -2.02. The number of carbonyl (C=O) groups excluding carboxylic acids is 3. The summed E-state index contributed by atoms with van der Waals surface area (Å²) in [4.78, 5) is 36.6. The monoisotopic (exact) mass is 322 g/mol. The molecule has 1 aromatic rings. The Morgan fingerprint density at radius 3 is 2.64 bits per heavy atom. The van der Waals surface area contributed by atoms with Gasteiger partial charge in [0.25, 0.3) is 0 Å². The van der Waals surface area contributed by atoms with Crippen molar-refractivity contribution in [2.24, 2.45) is 0 Å². The summed E-state index contributed by atoms with van der Waals surface area (Å²) in [5, 5.41) is 2.43. The van der Waals surface area contributed by atoms with Crippen LogP contribution in [0.4, 0.5) is 4.79 Å². The van der Waals surface area contributed by atoms with Gasteiger partial charge in [-0.05, 0) is 30.4 Å². The minimum Gasteiger partial charge on any atom is -0.461 e. The molecule has 3 amide bonds. The van der Waals surface area contributed by atoms with Gasteiger partial charge in [0, 0.05) is 17.9 Å². The van der Waals surface area contributed by atoms with Gasteiger partial charge in [0.15, 0.2) is 0 Å². The number of benzene rings is 1.